The van der Waals surface area contributed by atoms with Crippen molar-refractivity contribution in [3.8, 4) is 0 Å². The van der Waals surface area contributed by atoms with Gasteiger partial charge in [0.05, 0.1) is 6.04 Å². The molecule has 2 rings (SSSR count). The molecule has 1 aromatic rings. The molecule has 1 saturated heterocycles. The molecule has 1 amide bonds. The van der Waals surface area contributed by atoms with Crippen LogP contribution in [-0.4, -0.2) is 28.0 Å². The van der Waals surface area contributed by atoms with Crippen molar-refractivity contribution in [3.05, 3.63) is 17.8 Å². The van der Waals surface area contributed by atoms with Crippen LogP contribution in [0.25, 0.3) is 0 Å². The quantitative estimate of drug-likeness (QED) is 0.774. The largest absolute Gasteiger partial charge is 0.446 e. The lowest BCUT2D eigenvalue weighted by Gasteiger charge is -2.46. The smallest absolute Gasteiger partial charge is 0.273 e. The van der Waals surface area contributed by atoms with Gasteiger partial charge in [-0.1, -0.05) is 13.3 Å². The topological polar surface area (TPSA) is 93.2 Å². The maximum Gasteiger partial charge on any atom is 0.273 e. The Morgan fingerprint density at radius 1 is 1.43 bits per heavy atom. The average molecular weight is 322 g/mol. The van der Waals surface area contributed by atoms with Gasteiger partial charge >= 0.3 is 0 Å². The molecule has 23 heavy (non-hydrogen) atoms. The highest BCUT2D eigenvalue weighted by atomic mass is 16.3. The first-order chi connectivity index (χ1) is 10.6. The van der Waals surface area contributed by atoms with Gasteiger partial charge in [0.2, 0.25) is 5.89 Å². The van der Waals surface area contributed by atoms with E-state index in [1.807, 2.05) is 0 Å². The molecule has 0 aliphatic carbocycles. The van der Waals surface area contributed by atoms with Crippen molar-refractivity contribution >= 4 is 5.91 Å². The van der Waals surface area contributed by atoms with Crippen molar-refractivity contribution in [3.63, 3.8) is 0 Å². The van der Waals surface area contributed by atoms with Gasteiger partial charge in [0.1, 0.15) is 6.26 Å². The van der Waals surface area contributed by atoms with Gasteiger partial charge in [0.25, 0.3) is 5.91 Å². The van der Waals surface area contributed by atoms with Gasteiger partial charge in [-0.2, -0.15) is 0 Å². The second-order valence-corrected chi connectivity index (χ2v) is 7.94. The van der Waals surface area contributed by atoms with Crippen molar-refractivity contribution in [1.29, 1.82) is 0 Å². The molecule has 1 aliphatic rings. The van der Waals surface area contributed by atoms with Crippen LogP contribution in [0.1, 0.15) is 82.7 Å². The predicted octanol–water partition coefficient (Wildman–Crippen LogP) is 2.51. The van der Waals surface area contributed by atoms with Gasteiger partial charge in [-0.3, -0.25) is 4.79 Å². The minimum absolute atomic E-state index is 0.0157. The molecule has 0 saturated carbocycles. The number of hydrogen-bond donors (Lipinski definition) is 3. The van der Waals surface area contributed by atoms with E-state index in [1.165, 1.54) is 6.26 Å². The Bertz CT molecular complexity index is 535. The molecule has 1 atom stereocenters. The zero-order valence-corrected chi connectivity index (χ0v) is 14.9. The summed E-state index contributed by atoms with van der Waals surface area (Å²) in [6, 6.07) is -0.142. The van der Waals surface area contributed by atoms with Crippen LogP contribution >= 0.6 is 0 Å². The predicted molar refractivity (Wildman–Crippen MR) is 90.1 cm³/mol. The fraction of sp³-hybridized carbons (Fsp3) is 0.765. The molecule has 6 nitrogen and oxygen atoms in total. The van der Waals surface area contributed by atoms with Gasteiger partial charge in [-0.15, -0.1) is 0 Å². The highest BCUT2D eigenvalue weighted by Crippen LogP contribution is 2.28. The van der Waals surface area contributed by atoms with Gasteiger partial charge in [-0.25, -0.2) is 4.98 Å². The van der Waals surface area contributed by atoms with E-state index in [9.17, 15) is 4.79 Å². The first-order valence-corrected chi connectivity index (χ1v) is 8.43. The molecular weight excluding hydrogens is 292 g/mol. The van der Waals surface area contributed by atoms with Crippen LogP contribution in [0, 0.1) is 0 Å². The molecule has 0 spiro atoms. The standard InChI is InChI=1S/C17H30N4O2/c1-6-7-12(18)15-20-13(10-23-15)14(22)19-11-8-16(2,3)21-17(4,5)9-11/h10-12,21H,6-9,18H2,1-5H3,(H,19,22). The van der Waals surface area contributed by atoms with Gasteiger partial charge in [0.15, 0.2) is 5.69 Å². The van der Waals surface area contributed by atoms with Crippen molar-refractivity contribution in [2.24, 2.45) is 5.73 Å². The number of amides is 1. The molecule has 6 heteroatoms. The summed E-state index contributed by atoms with van der Waals surface area (Å²) in [5, 5.41) is 6.69. The lowest BCUT2D eigenvalue weighted by Crippen LogP contribution is -2.62. The normalized spacial score (nSPS) is 21.8. The van der Waals surface area contributed by atoms with E-state index in [1.54, 1.807) is 0 Å². The first kappa shape index (κ1) is 17.9. The van der Waals surface area contributed by atoms with E-state index >= 15 is 0 Å². The van der Waals surface area contributed by atoms with Crippen LogP contribution in [-0.2, 0) is 0 Å². The maximum atomic E-state index is 12.4. The SMILES string of the molecule is CCCC(N)c1nc(C(=O)NC2CC(C)(C)NC(C)(C)C2)co1. The second kappa shape index (κ2) is 6.61. The minimum Gasteiger partial charge on any atom is -0.446 e. The van der Waals surface area contributed by atoms with E-state index in [0.717, 1.165) is 25.7 Å². The maximum absolute atomic E-state index is 12.4. The Hall–Kier alpha value is -1.40. The molecule has 2 heterocycles. The molecule has 1 aromatic heterocycles. The fourth-order valence-electron chi connectivity index (χ4n) is 3.68. The second-order valence-electron chi connectivity index (χ2n) is 7.94. The fourth-order valence-corrected chi connectivity index (χ4v) is 3.68. The molecule has 130 valence electrons. The number of piperidine rings is 1. The van der Waals surface area contributed by atoms with Gasteiger partial charge < -0.3 is 20.8 Å². The van der Waals surface area contributed by atoms with Crippen LogP contribution in [0.5, 0.6) is 0 Å². The van der Waals surface area contributed by atoms with E-state index in [0.29, 0.717) is 11.6 Å². The molecule has 4 N–H and O–H groups in total. The van der Waals surface area contributed by atoms with E-state index in [2.05, 4.69) is 50.2 Å². The number of nitrogens with zero attached hydrogens (tertiary/aromatic N) is 1. The average Bonchev–Trinajstić information content (AvgIpc) is 2.84. The number of hydrogen-bond acceptors (Lipinski definition) is 5. The molecule has 0 radical (unpaired) electrons. The van der Waals surface area contributed by atoms with E-state index in [-0.39, 0.29) is 29.1 Å². The zero-order valence-electron chi connectivity index (χ0n) is 14.9. The molecule has 1 fully saturated rings. The van der Waals surface area contributed by atoms with Crippen LogP contribution in [0.3, 0.4) is 0 Å². The summed E-state index contributed by atoms with van der Waals surface area (Å²) in [6.45, 7) is 10.7. The number of aromatic nitrogens is 1. The molecule has 1 aliphatic heterocycles. The lowest BCUT2D eigenvalue weighted by molar-refractivity contribution is 0.0868. The third kappa shape index (κ3) is 4.78. The summed E-state index contributed by atoms with van der Waals surface area (Å²) in [7, 11) is 0. The summed E-state index contributed by atoms with van der Waals surface area (Å²) in [5.74, 6) is 0.241. The number of oxazole rings is 1. The van der Waals surface area contributed by atoms with Gasteiger partial charge in [0, 0.05) is 17.1 Å². The number of nitrogens with two attached hydrogens (primary N) is 1. The Labute approximate surface area is 138 Å². The highest BCUT2D eigenvalue weighted by molar-refractivity contribution is 5.92. The number of rotatable bonds is 5. The molecule has 1 unspecified atom stereocenters. The Morgan fingerprint density at radius 3 is 2.61 bits per heavy atom. The molecular formula is C17H30N4O2. The Kier molecular flexibility index (Phi) is 5.16. The lowest BCUT2D eigenvalue weighted by atomic mass is 9.79. The summed E-state index contributed by atoms with van der Waals surface area (Å²) < 4.78 is 5.36. The van der Waals surface area contributed by atoms with Crippen LogP contribution in [0.2, 0.25) is 0 Å². The molecule has 0 bridgehead atoms. The Morgan fingerprint density at radius 2 is 2.04 bits per heavy atom. The van der Waals surface area contributed by atoms with E-state index < -0.39 is 0 Å². The number of carbonyl (C=O) groups is 1. The van der Waals surface area contributed by atoms with Gasteiger partial charge in [-0.05, 0) is 47.0 Å². The van der Waals surface area contributed by atoms with Crippen molar-refractivity contribution in [2.75, 3.05) is 0 Å². The van der Waals surface area contributed by atoms with Crippen LogP contribution < -0.4 is 16.4 Å². The zero-order chi connectivity index (χ0) is 17.3. The summed E-state index contributed by atoms with van der Waals surface area (Å²) in [4.78, 5) is 16.7. The summed E-state index contributed by atoms with van der Waals surface area (Å²) in [5.41, 5.74) is 6.25. The third-order valence-corrected chi connectivity index (χ3v) is 4.20. The van der Waals surface area contributed by atoms with E-state index in [4.69, 9.17) is 10.2 Å². The minimum atomic E-state index is -0.252. The molecule has 0 aromatic carbocycles. The summed E-state index contributed by atoms with van der Waals surface area (Å²) >= 11 is 0. The van der Waals surface area contributed by atoms with Crippen LogP contribution in [0.15, 0.2) is 10.7 Å². The van der Waals surface area contributed by atoms with Crippen molar-refractivity contribution < 1.29 is 9.21 Å². The number of nitrogens with one attached hydrogen (secondary N) is 2. The van der Waals surface area contributed by atoms with Crippen molar-refractivity contribution in [1.82, 2.24) is 15.6 Å². The number of carbonyl (C=O) groups excluding carboxylic acids is 1. The van der Waals surface area contributed by atoms with Crippen LogP contribution in [0.4, 0.5) is 0 Å². The first-order valence-electron chi connectivity index (χ1n) is 8.43. The Balaban J connectivity index is 2.01. The third-order valence-electron chi connectivity index (χ3n) is 4.20. The highest BCUT2D eigenvalue weighted by Gasteiger charge is 2.38. The summed E-state index contributed by atoms with van der Waals surface area (Å²) in [6.07, 6.45) is 4.89. The monoisotopic (exact) mass is 322 g/mol. The van der Waals surface area contributed by atoms with Crippen molar-refractivity contribution in [2.45, 2.75) is 83.5 Å².